The number of sulfone groups is 1. The number of hydrogen-bond donors (Lipinski definition) is 0. The lowest BCUT2D eigenvalue weighted by atomic mass is 9.72. The highest BCUT2D eigenvalue weighted by atomic mass is 32.2. The molecule has 0 saturated heterocycles. The van der Waals surface area contributed by atoms with E-state index >= 15 is 0 Å². The maximum atomic E-state index is 12.6. The fourth-order valence-corrected chi connectivity index (χ4v) is 4.24. The molecule has 0 aromatic heterocycles. The van der Waals surface area contributed by atoms with Crippen molar-refractivity contribution >= 4 is 33.2 Å². The van der Waals surface area contributed by atoms with Crippen LogP contribution in [0.15, 0.2) is 63.7 Å². The molecule has 1 unspecified atom stereocenters. The summed E-state index contributed by atoms with van der Waals surface area (Å²) in [7, 11) is -1.91. The van der Waals surface area contributed by atoms with E-state index in [2.05, 4.69) is 10.2 Å². The van der Waals surface area contributed by atoms with E-state index in [1.54, 1.807) is 57.2 Å². The number of benzene rings is 2. The second-order valence-electron chi connectivity index (χ2n) is 9.41. The predicted molar refractivity (Wildman–Crippen MR) is 135 cm³/mol. The van der Waals surface area contributed by atoms with Crippen molar-refractivity contribution in [2.75, 3.05) is 26.6 Å². The first-order valence-corrected chi connectivity index (χ1v) is 13.4. The quantitative estimate of drug-likeness (QED) is 0.209. The second kappa shape index (κ2) is 12.1. The molecule has 2 aromatic carbocycles. The number of carbonyl (C=O) groups is 2. The van der Waals surface area contributed by atoms with Crippen molar-refractivity contribution in [2.24, 2.45) is 21.1 Å². The Kier molecular flexibility index (Phi) is 9.75. The molecule has 0 radical (unpaired) electrons. The molecule has 0 N–H and O–H groups in total. The Morgan fingerprint density at radius 2 is 1.39 bits per heavy atom. The van der Waals surface area contributed by atoms with Crippen LogP contribution in [0.25, 0.3) is 0 Å². The highest BCUT2D eigenvalue weighted by Crippen LogP contribution is 2.38. The van der Waals surface area contributed by atoms with Crippen LogP contribution in [0.3, 0.4) is 0 Å². The van der Waals surface area contributed by atoms with Gasteiger partial charge in [0, 0.05) is 6.26 Å². The molecule has 0 bridgehead atoms. The van der Waals surface area contributed by atoms with Gasteiger partial charge in [-0.15, -0.1) is 0 Å². The van der Waals surface area contributed by atoms with Crippen LogP contribution >= 0.6 is 0 Å². The van der Waals surface area contributed by atoms with Crippen LogP contribution in [0.4, 0.5) is 11.4 Å². The van der Waals surface area contributed by atoms with E-state index in [4.69, 9.17) is 14.2 Å². The first-order chi connectivity index (χ1) is 16.8. The molecule has 0 saturated carbocycles. The van der Waals surface area contributed by atoms with E-state index in [1.165, 1.54) is 19.2 Å². The molecular weight excluding hydrogens is 484 g/mol. The Hall–Kier alpha value is -3.27. The minimum atomic E-state index is -3.26. The summed E-state index contributed by atoms with van der Waals surface area (Å²) in [5.41, 5.74) is -0.519. The molecule has 0 fully saturated rings. The van der Waals surface area contributed by atoms with Crippen molar-refractivity contribution in [1.82, 2.24) is 0 Å². The molecule has 1 atom stereocenters. The summed E-state index contributed by atoms with van der Waals surface area (Å²) in [5, 5.41) is 8.23. The highest BCUT2D eigenvalue weighted by Gasteiger charge is 2.42. The maximum Gasteiger partial charge on any atom is 0.311 e. The second-order valence-corrected chi connectivity index (χ2v) is 11.4. The topological polar surface area (TPSA) is 121 Å². The predicted octanol–water partition coefficient (Wildman–Crippen LogP) is 5.43. The molecule has 10 heteroatoms. The number of esters is 2. The van der Waals surface area contributed by atoms with Gasteiger partial charge in [-0.2, -0.15) is 10.2 Å². The van der Waals surface area contributed by atoms with Gasteiger partial charge in [0.2, 0.25) is 0 Å². The van der Waals surface area contributed by atoms with Gasteiger partial charge in [-0.25, -0.2) is 8.42 Å². The molecule has 0 spiro atoms. The minimum absolute atomic E-state index is 0.0638. The van der Waals surface area contributed by atoms with Gasteiger partial charge in [0.1, 0.15) is 19.0 Å². The molecule has 0 amide bonds. The normalized spacial score (nSPS) is 13.7. The fraction of sp³-hybridized carbons (Fsp3) is 0.462. The smallest absolute Gasteiger partial charge is 0.311 e. The third-order valence-corrected chi connectivity index (χ3v) is 6.94. The maximum absolute atomic E-state index is 12.6. The van der Waals surface area contributed by atoms with Gasteiger partial charge < -0.3 is 14.2 Å². The van der Waals surface area contributed by atoms with Crippen molar-refractivity contribution < 1.29 is 32.2 Å². The Morgan fingerprint density at radius 1 is 0.861 bits per heavy atom. The van der Waals surface area contributed by atoms with Crippen molar-refractivity contribution in [2.45, 2.75) is 45.4 Å². The first-order valence-electron chi connectivity index (χ1n) is 11.5. The van der Waals surface area contributed by atoms with Crippen molar-refractivity contribution in [3.8, 4) is 5.75 Å². The van der Waals surface area contributed by atoms with Crippen LogP contribution in [-0.2, 0) is 28.9 Å². The van der Waals surface area contributed by atoms with Crippen LogP contribution in [0.5, 0.6) is 5.75 Å². The van der Waals surface area contributed by atoms with Crippen molar-refractivity contribution in [3.05, 3.63) is 48.5 Å². The molecule has 0 aliphatic carbocycles. The number of methoxy groups -OCH3 is 1. The summed E-state index contributed by atoms with van der Waals surface area (Å²) >= 11 is 0. The average Bonchev–Trinajstić information content (AvgIpc) is 2.84. The van der Waals surface area contributed by atoms with Crippen LogP contribution in [0.1, 0.15) is 40.5 Å². The zero-order chi connectivity index (χ0) is 27.0. The largest absolute Gasteiger partial charge is 0.490 e. The number of nitrogens with zero attached hydrogens (tertiary/aromatic N) is 2. The summed E-state index contributed by atoms with van der Waals surface area (Å²) in [4.78, 5) is 25.0. The van der Waals surface area contributed by atoms with E-state index in [0.29, 0.717) is 30.0 Å². The summed E-state index contributed by atoms with van der Waals surface area (Å²) in [6, 6.07) is 13.0. The van der Waals surface area contributed by atoms with Gasteiger partial charge in [-0.1, -0.05) is 6.92 Å². The standard InChI is InChI=1S/C26H34N2O7S/c1-7-26(4,24(30)33-5)18-25(2,3)23(29)35-17-16-34-21-12-8-19(9-13-21)27-28-20-10-14-22(15-11-20)36(6,31)32/h8-15H,7,16-18H2,1-6H3. The molecular formula is C26H34N2O7S. The zero-order valence-corrected chi connectivity index (χ0v) is 22.4. The lowest BCUT2D eigenvalue weighted by Crippen LogP contribution is -2.38. The fourth-order valence-electron chi connectivity index (χ4n) is 3.61. The average molecular weight is 519 g/mol. The van der Waals surface area contributed by atoms with E-state index in [9.17, 15) is 18.0 Å². The van der Waals surface area contributed by atoms with E-state index in [0.717, 1.165) is 6.26 Å². The van der Waals surface area contributed by atoms with Crippen LogP contribution < -0.4 is 4.74 Å². The molecule has 2 aromatic rings. The highest BCUT2D eigenvalue weighted by molar-refractivity contribution is 7.90. The summed E-state index contributed by atoms with van der Waals surface area (Å²) in [5.74, 6) is -0.178. The van der Waals surface area contributed by atoms with Crippen LogP contribution in [0, 0.1) is 10.8 Å². The van der Waals surface area contributed by atoms with Gasteiger partial charge in [-0.3, -0.25) is 9.59 Å². The third kappa shape index (κ3) is 8.15. The number of ether oxygens (including phenoxy) is 3. The van der Waals surface area contributed by atoms with Gasteiger partial charge >= 0.3 is 11.9 Å². The van der Waals surface area contributed by atoms with E-state index in [-0.39, 0.29) is 24.1 Å². The molecule has 36 heavy (non-hydrogen) atoms. The van der Waals surface area contributed by atoms with Crippen molar-refractivity contribution in [1.29, 1.82) is 0 Å². The number of carbonyl (C=O) groups excluding carboxylic acids is 2. The Bertz CT molecular complexity index is 1170. The number of rotatable bonds is 12. The molecule has 0 aliphatic heterocycles. The van der Waals surface area contributed by atoms with Crippen LogP contribution in [-0.4, -0.2) is 46.9 Å². The Balaban J connectivity index is 1.84. The molecule has 9 nitrogen and oxygen atoms in total. The van der Waals surface area contributed by atoms with Gasteiger partial charge in [0.15, 0.2) is 9.84 Å². The minimum Gasteiger partial charge on any atom is -0.490 e. The molecule has 0 heterocycles. The molecule has 2 rings (SSSR count). The summed E-state index contributed by atoms with van der Waals surface area (Å²) in [6.07, 6.45) is 2.00. The lowest BCUT2D eigenvalue weighted by molar-refractivity contribution is -0.162. The van der Waals surface area contributed by atoms with E-state index < -0.39 is 26.6 Å². The Labute approximate surface area is 212 Å². The van der Waals surface area contributed by atoms with E-state index in [1.807, 2.05) is 6.92 Å². The monoisotopic (exact) mass is 518 g/mol. The molecule has 0 aliphatic rings. The first kappa shape index (κ1) is 29.0. The number of hydrogen-bond acceptors (Lipinski definition) is 9. The van der Waals surface area contributed by atoms with Crippen LogP contribution in [0.2, 0.25) is 0 Å². The zero-order valence-electron chi connectivity index (χ0n) is 21.6. The third-order valence-electron chi connectivity index (χ3n) is 5.81. The summed E-state index contributed by atoms with van der Waals surface area (Å²) < 4.78 is 38.9. The van der Waals surface area contributed by atoms with Gasteiger partial charge in [0.25, 0.3) is 0 Å². The Morgan fingerprint density at radius 3 is 1.86 bits per heavy atom. The summed E-state index contributed by atoms with van der Waals surface area (Å²) in [6.45, 7) is 7.40. The van der Waals surface area contributed by atoms with Crippen molar-refractivity contribution in [3.63, 3.8) is 0 Å². The SMILES string of the molecule is CCC(C)(CC(C)(C)C(=O)OCCOc1ccc(N=Nc2ccc(S(C)(=O)=O)cc2)cc1)C(=O)OC. The lowest BCUT2D eigenvalue weighted by Gasteiger charge is -2.33. The molecule has 196 valence electrons. The van der Waals surface area contributed by atoms with Gasteiger partial charge in [-0.05, 0) is 82.1 Å². The van der Waals surface area contributed by atoms with Gasteiger partial charge in [0.05, 0.1) is 34.2 Å². The number of azo groups is 1.